The molecule has 26 heavy (non-hydrogen) atoms. The Kier molecular flexibility index (Phi) is 9.66. The molecule has 1 amide bonds. The van der Waals surface area contributed by atoms with E-state index in [-0.39, 0.29) is 0 Å². The minimum Gasteiger partial charge on any atom is -0.339 e. The van der Waals surface area contributed by atoms with E-state index >= 15 is 0 Å². The van der Waals surface area contributed by atoms with Crippen molar-refractivity contribution in [3.05, 3.63) is 35.1 Å². The van der Waals surface area contributed by atoms with E-state index in [1.807, 2.05) is 0 Å². The highest BCUT2D eigenvalue weighted by Gasteiger charge is 2.37. The summed E-state index contributed by atoms with van der Waals surface area (Å²) < 4.78 is 53.8. The van der Waals surface area contributed by atoms with Crippen molar-refractivity contribution in [2.75, 3.05) is 13.1 Å². The summed E-state index contributed by atoms with van der Waals surface area (Å²) >= 11 is 0. The molecule has 2 nitrogen and oxygen atoms in total. The Morgan fingerprint density at radius 3 is 1.92 bits per heavy atom. The van der Waals surface area contributed by atoms with Crippen LogP contribution in [-0.2, 0) is 6.18 Å². The van der Waals surface area contributed by atoms with Crippen LogP contribution in [0.1, 0.15) is 81.1 Å². The molecule has 0 spiro atoms. The van der Waals surface area contributed by atoms with Crippen LogP contribution < -0.4 is 0 Å². The first kappa shape index (κ1) is 22.5. The molecule has 0 saturated heterocycles. The molecule has 1 rings (SSSR count). The van der Waals surface area contributed by atoms with Crippen molar-refractivity contribution in [1.29, 1.82) is 0 Å². The number of unbranched alkanes of at least 4 members (excludes halogenated alkanes) is 6. The lowest BCUT2D eigenvalue weighted by Crippen LogP contribution is -2.35. The molecule has 0 aliphatic carbocycles. The molecule has 0 aromatic heterocycles. The SMILES string of the molecule is CCCCCCN(CCCCCC)C(=O)c1c(F)cccc1C(F)(F)F. The van der Waals surface area contributed by atoms with Crippen molar-refractivity contribution in [3.63, 3.8) is 0 Å². The van der Waals surface area contributed by atoms with Crippen LogP contribution in [0.4, 0.5) is 17.6 Å². The lowest BCUT2D eigenvalue weighted by molar-refractivity contribution is -0.138. The summed E-state index contributed by atoms with van der Waals surface area (Å²) in [6.45, 7) is 4.83. The first-order valence-electron chi connectivity index (χ1n) is 9.47. The summed E-state index contributed by atoms with van der Waals surface area (Å²) in [4.78, 5) is 14.1. The third kappa shape index (κ3) is 6.96. The van der Waals surface area contributed by atoms with Crippen molar-refractivity contribution in [1.82, 2.24) is 4.90 Å². The fraction of sp³-hybridized carbons (Fsp3) is 0.650. The van der Waals surface area contributed by atoms with E-state index in [0.29, 0.717) is 25.9 Å². The van der Waals surface area contributed by atoms with Crippen molar-refractivity contribution in [3.8, 4) is 0 Å². The number of hydrogen-bond acceptors (Lipinski definition) is 1. The Bertz CT molecular complexity index is 545. The Morgan fingerprint density at radius 1 is 0.923 bits per heavy atom. The lowest BCUT2D eigenvalue weighted by Gasteiger charge is -2.25. The standard InChI is InChI=1S/C20H29F4NO/c1-3-5-7-9-14-25(15-10-8-6-4-2)19(26)18-16(20(22,23)24)12-11-13-17(18)21/h11-13H,3-10,14-15H2,1-2H3. The second-order valence-corrected chi connectivity index (χ2v) is 6.57. The second-order valence-electron chi connectivity index (χ2n) is 6.57. The minimum absolute atomic E-state index is 0.358. The first-order chi connectivity index (χ1) is 12.3. The quantitative estimate of drug-likeness (QED) is 0.322. The first-order valence-corrected chi connectivity index (χ1v) is 9.47. The zero-order valence-corrected chi connectivity index (χ0v) is 15.7. The van der Waals surface area contributed by atoms with E-state index in [0.717, 1.165) is 56.7 Å². The molecule has 0 saturated carbocycles. The summed E-state index contributed by atoms with van der Waals surface area (Å²) in [6, 6.07) is 2.67. The fourth-order valence-electron chi connectivity index (χ4n) is 2.91. The van der Waals surface area contributed by atoms with Gasteiger partial charge in [-0.15, -0.1) is 0 Å². The molecule has 0 N–H and O–H groups in total. The average molecular weight is 375 g/mol. The van der Waals surface area contributed by atoms with E-state index in [1.165, 1.54) is 4.90 Å². The average Bonchev–Trinajstić information content (AvgIpc) is 2.59. The van der Waals surface area contributed by atoms with Crippen LogP contribution in [0.3, 0.4) is 0 Å². The highest BCUT2D eigenvalue weighted by Crippen LogP contribution is 2.33. The molecule has 6 heteroatoms. The van der Waals surface area contributed by atoms with E-state index in [9.17, 15) is 22.4 Å². The summed E-state index contributed by atoms with van der Waals surface area (Å²) in [7, 11) is 0. The molecule has 0 fully saturated rings. The number of nitrogens with zero attached hydrogens (tertiary/aromatic N) is 1. The number of carbonyl (C=O) groups excluding carboxylic acids is 1. The predicted octanol–water partition coefficient (Wildman–Crippen LogP) is 6.45. The Morgan fingerprint density at radius 2 is 1.46 bits per heavy atom. The van der Waals surface area contributed by atoms with E-state index in [1.54, 1.807) is 0 Å². The van der Waals surface area contributed by atoms with E-state index in [4.69, 9.17) is 0 Å². The van der Waals surface area contributed by atoms with Crippen LogP contribution in [-0.4, -0.2) is 23.9 Å². The second kappa shape index (κ2) is 11.2. The largest absolute Gasteiger partial charge is 0.417 e. The maximum Gasteiger partial charge on any atom is 0.417 e. The van der Waals surface area contributed by atoms with Crippen molar-refractivity contribution < 1.29 is 22.4 Å². The van der Waals surface area contributed by atoms with Crippen molar-refractivity contribution in [2.45, 2.75) is 71.4 Å². The monoisotopic (exact) mass is 375 g/mol. The minimum atomic E-state index is -4.76. The highest BCUT2D eigenvalue weighted by molar-refractivity contribution is 5.96. The molecule has 1 aromatic carbocycles. The van der Waals surface area contributed by atoms with Gasteiger partial charge in [0.05, 0.1) is 11.1 Å². The Balaban J connectivity index is 2.99. The van der Waals surface area contributed by atoms with Gasteiger partial charge in [-0.2, -0.15) is 13.2 Å². The predicted molar refractivity (Wildman–Crippen MR) is 95.6 cm³/mol. The zero-order valence-electron chi connectivity index (χ0n) is 15.7. The normalized spacial score (nSPS) is 11.6. The smallest absolute Gasteiger partial charge is 0.339 e. The number of alkyl halides is 3. The number of rotatable bonds is 11. The Hall–Kier alpha value is -1.59. The number of benzene rings is 1. The molecule has 0 aliphatic rings. The maximum absolute atomic E-state index is 14.1. The molecule has 0 heterocycles. The van der Waals surface area contributed by atoms with Crippen LogP contribution in [0.25, 0.3) is 0 Å². The Labute approximate surface area is 153 Å². The fourth-order valence-corrected chi connectivity index (χ4v) is 2.91. The van der Waals surface area contributed by atoms with E-state index in [2.05, 4.69) is 13.8 Å². The van der Waals surface area contributed by atoms with Gasteiger partial charge in [0.1, 0.15) is 5.82 Å². The van der Waals surface area contributed by atoms with Gasteiger partial charge in [-0.3, -0.25) is 4.79 Å². The van der Waals surface area contributed by atoms with Gasteiger partial charge in [0.15, 0.2) is 0 Å². The van der Waals surface area contributed by atoms with Gasteiger partial charge in [0, 0.05) is 13.1 Å². The molecule has 1 aromatic rings. The molecule has 0 bridgehead atoms. The molecule has 0 radical (unpaired) electrons. The summed E-state index contributed by atoms with van der Waals surface area (Å²) in [5, 5.41) is 0. The topological polar surface area (TPSA) is 20.3 Å². The van der Waals surface area contributed by atoms with Gasteiger partial charge < -0.3 is 4.90 Å². The van der Waals surface area contributed by atoms with Crippen LogP contribution in [0.2, 0.25) is 0 Å². The van der Waals surface area contributed by atoms with Gasteiger partial charge in [-0.1, -0.05) is 58.4 Å². The summed E-state index contributed by atoms with van der Waals surface area (Å²) in [5.74, 6) is -1.97. The zero-order chi connectivity index (χ0) is 19.6. The van der Waals surface area contributed by atoms with Crippen molar-refractivity contribution >= 4 is 5.91 Å². The molecule has 148 valence electrons. The third-order valence-electron chi connectivity index (χ3n) is 4.38. The highest BCUT2D eigenvalue weighted by atomic mass is 19.4. The number of carbonyl (C=O) groups is 1. The van der Waals surface area contributed by atoms with Gasteiger partial charge in [0.2, 0.25) is 0 Å². The van der Waals surface area contributed by atoms with Crippen LogP contribution in [0.5, 0.6) is 0 Å². The third-order valence-corrected chi connectivity index (χ3v) is 4.38. The van der Waals surface area contributed by atoms with Crippen LogP contribution in [0, 0.1) is 5.82 Å². The van der Waals surface area contributed by atoms with Gasteiger partial charge in [-0.25, -0.2) is 4.39 Å². The lowest BCUT2D eigenvalue weighted by atomic mass is 10.0. The van der Waals surface area contributed by atoms with Crippen molar-refractivity contribution in [2.24, 2.45) is 0 Å². The number of halogens is 4. The van der Waals surface area contributed by atoms with Crippen LogP contribution >= 0.6 is 0 Å². The molecule has 0 aliphatic heterocycles. The number of hydrogen-bond donors (Lipinski definition) is 0. The summed E-state index contributed by atoms with van der Waals surface area (Å²) in [6.07, 6.45) is 2.52. The summed E-state index contributed by atoms with van der Waals surface area (Å²) in [5.41, 5.74) is -2.06. The molecular formula is C20H29F4NO. The van der Waals surface area contributed by atoms with Gasteiger partial charge in [-0.05, 0) is 25.0 Å². The maximum atomic E-state index is 14.1. The molecular weight excluding hydrogens is 346 g/mol. The van der Waals surface area contributed by atoms with Gasteiger partial charge >= 0.3 is 6.18 Å². The molecule has 0 atom stereocenters. The number of amides is 1. The van der Waals surface area contributed by atoms with E-state index < -0.39 is 29.0 Å². The van der Waals surface area contributed by atoms with Crippen LogP contribution in [0.15, 0.2) is 18.2 Å². The molecule has 0 unspecified atom stereocenters. The van der Waals surface area contributed by atoms with Gasteiger partial charge in [0.25, 0.3) is 5.91 Å².